The molecule has 1 aliphatic heterocycles. The zero-order valence-corrected chi connectivity index (χ0v) is 10.8. The standard InChI is InChI=1S/C13H24N2O/c1-4-12(2,3)9-15-10-14-13(11(15)16)7-5-6-8-13/h14H,4-10H2,1-3H3. The number of amides is 1. The molecule has 0 aromatic heterocycles. The summed E-state index contributed by atoms with van der Waals surface area (Å²) in [5.41, 5.74) is 0.0608. The number of hydrogen-bond donors (Lipinski definition) is 1. The Labute approximate surface area is 98.6 Å². The van der Waals surface area contributed by atoms with Crippen LogP contribution in [-0.4, -0.2) is 29.6 Å². The van der Waals surface area contributed by atoms with Gasteiger partial charge in [0.1, 0.15) is 0 Å². The molecule has 1 saturated heterocycles. The Bertz CT molecular complexity index is 280. The number of carbonyl (C=O) groups excluding carboxylic acids is 1. The lowest BCUT2D eigenvalue weighted by atomic mass is 9.89. The highest BCUT2D eigenvalue weighted by Gasteiger charge is 2.48. The molecule has 3 heteroatoms. The van der Waals surface area contributed by atoms with Gasteiger partial charge >= 0.3 is 0 Å². The van der Waals surface area contributed by atoms with Crippen molar-refractivity contribution in [1.82, 2.24) is 10.2 Å². The normalized spacial score (nSPS) is 24.7. The summed E-state index contributed by atoms with van der Waals surface area (Å²) in [4.78, 5) is 14.4. The molecular weight excluding hydrogens is 200 g/mol. The van der Waals surface area contributed by atoms with Gasteiger partial charge in [0.15, 0.2) is 0 Å². The molecule has 1 saturated carbocycles. The molecule has 2 aliphatic rings. The first-order valence-corrected chi connectivity index (χ1v) is 6.54. The first kappa shape index (κ1) is 11.9. The van der Waals surface area contributed by atoms with Crippen LogP contribution >= 0.6 is 0 Å². The van der Waals surface area contributed by atoms with Crippen LogP contribution < -0.4 is 5.32 Å². The van der Waals surface area contributed by atoms with Crippen molar-refractivity contribution in [2.24, 2.45) is 5.41 Å². The van der Waals surface area contributed by atoms with E-state index in [1.54, 1.807) is 0 Å². The molecule has 0 bridgehead atoms. The van der Waals surface area contributed by atoms with Gasteiger partial charge in [0.05, 0.1) is 12.2 Å². The molecule has 2 rings (SSSR count). The third-order valence-electron chi connectivity index (χ3n) is 4.34. The van der Waals surface area contributed by atoms with Gasteiger partial charge in [-0.3, -0.25) is 10.1 Å². The summed E-state index contributed by atoms with van der Waals surface area (Å²) in [6.45, 7) is 8.30. The molecule has 1 aliphatic carbocycles. The van der Waals surface area contributed by atoms with Gasteiger partial charge in [-0.15, -0.1) is 0 Å². The van der Waals surface area contributed by atoms with Crippen molar-refractivity contribution in [1.29, 1.82) is 0 Å². The van der Waals surface area contributed by atoms with Crippen LogP contribution in [-0.2, 0) is 4.79 Å². The molecule has 2 fully saturated rings. The van der Waals surface area contributed by atoms with E-state index < -0.39 is 0 Å². The van der Waals surface area contributed by atoms with Crippen molar-refractivity contribution in [3.8, 4) is 0 Å². The van der Waals surface area contributed by atoms with Crippen molar-refractivity contribution in [3.05, 3.63) is 0 Å². The number of nitrogens with zero attached hydrogens (tertiary/aromatic N) is 1. The van der Waals surface area contributed by atoms with E-state index in [4.69, 9.17) is 0 Å². The predicted octanol–water partition coefficient (Wildman–Crippen LogP) is 2.12. The van der Waals surface area contributed by atoms with Crippen LogP contribution in [0.15, 0.2) is 0 Å². The van der Waals surface area contributed by atoms with E-state index >= 15 is 0 Å². The molecule has 0 aromatic carbocycles. The summed E-state index contributed by atoms with van der Waals surface area (Å²) in [5.74, 6) is 0.353. The highest BCUT2D eigenvalue weighted by molar-refractivity contribution is 5.88. The maximum absolute atomic E-state index is 12.4. The van der Waals surface area contributed by atoms with Crippen LogP contribution in [0.5, 0.6) is 0 Å². The Hall–Kier alpha value is -0.570. The fourth-order valence-corrected chi connectivity index (χ4v) is 2.82. The van der Waals surface area contributed by atoms with Gasteiger partial charge < -0.3 is 4.90 Å². The van der Waals surface area contributed by atoms with E-state index in [1.807, 2.05) is 4.90 Å². The molecule has 1 amide bonds. The van der Waals surface area contributed by atoms with Crippen LogP contribution in [0.4, 0.5) is 0 Å². The van der Waals surface area contributed by atoms with Crippen molar-refractivity contribution in [2.45, 2.75) is 58.4 Å². The molecular formula is C13H24N2O. The molecule has 1 spiro atoms. The SMILES string of the molecule is CCC(C)(C)CN1CNC2(CCCC2)C1=O. The average molecular weight is 224 g/mol. The Kier molecular flexibility index (Phi) is 2.99. The molecule has 3 nitrogen and oxygen atoms in total. The minimum atomic E-state index is -0.177. The summed E-state index contributed by atoms with van der Waals surface area (Å²) in [6, 6.07) is 0. The van der Waals surface area contributed by atoms with Crippen molar-refractivity contribution in [3.63, 3.8) is 0 Å². The highest BCUT2D eigenvalue weighted by atomic mass is 16.2. The van der Waals surface area contributed by atoms with Crippen LogP contribution in [0, 0.1) is 5.41 Å². The van der Waals surface area contributed by atoms with Crippen LogP contribution in [0.3, 0.4) is 0 Å². The third-order valence-corrected chi connectivity index (χ3v) is 4.34. The Morgan fingerprint density at radius 1 is 1.38 bits per heavy atom. The second kappa shape index (κ2) is 4.02. The maximum atomic E-state index is 12.4. The maximum Gasteiger partial charge on any atom is 0.243 e. The Morgan fingerprint density at radius 2 is 2.00 bits per heavy atom. The molecule has 1 N–H and O–H groups in total. The van der Waals surface area contributed by atoms with E-state index in [9.17, 15) is 4.79 Å². The number of nitrogens with one attached hydrogen (secondary N) is 1. The Morgan fingerprint density at radius 3 is 2.56 bits per heavy atom. The van der Waals surface area contributed by atoms with Crippen molar-refractivity contribution < 1.29 is 4.79 Å². The number of rotatable bonds is 3. The first-order valence-electron chi connectivity index (χ1n) is 6.54. The highest BCUT2D eigenvalue weighted by Crippen LogP contribution is 2.35. The molecule has 16 heavy (non-hydrogen) atoms. The lowest BCUT2D eigenvalue weighted by Crippen LogP contribution is -2.45. The van der Waals surface area contributed by atoms with Gasteiger partial charge in [0, 0.05) is 6.54 Å². The first-order chi connectivity index (χ1) is 7.49. The minimum absolute atomic E-state index is 0.177. The van der Waals surface area contributed by atoms with Gasteiger partial charge in [0.25, 0.3) is 0 Å². The van der Waals surface area contributed by atoms with Gasteiger partial charge in [-0.25, -0.2) is 0 Å². The smallest absolute Gasteiger partial charge is 0.243 e. The molecule has 0 atom stereocenters. The molecule has 0 aromatic rings. The quantitative estimate of drug-likeness (QED) is 0.796. The summed E-state index contributed by atoms with van der Waals surface area (Å²) in [5, 5.41) is 3.45. The van der Waals surface area contributed by atoms with E-state index in [-0.39, 0.29) is 11.0 Å². The van der Waals surface area contributed by atoms with Gasteiger partial charge in [-0.05, 0) is 24.7 Å². The topological polar surface area (TPSA) is 32.3 Å². The lowest BCUT2D eigenvalue weighted by Gasteiger charge is -2.29. The van der Waals surface area contributed by atoms with Crippen LogP contribution in [0.2, 0.25) is 0 Å². The van der Waals surface area contributed by atoms with Crippen molar-refractivity contribution in [2.75, 3.05) is 13.2 Å². The Balaban J connectivity index is 2.02. The zero-order chi connectivity index (χ0) is 11.8. The second-order valence-corrected chi connectivity index (χ2v) is 6.14. The lowest BCUT2D eigenvalue weighted by molar-refractivity contribution is -0.133. The predicted molar refractivity (Wildman–Crippen MR) is 65.0 cm³/mol. The molecule has 92 valence electrons. The zero-order valence-electron chi connectivity index (χ0n) is 10.8. The average Bonchev–Trinajstić information content (AvgIpc) is 2.82. The van der Waals surface area contributed by atoms with Gasteiger partial charge in [0.2, 0.25) is 5.91 Å². The fraction of sp³-hybridized carbons (Fsp3) is 0.923. The van der Waals surface area contributed by atoms with E-state index in [2.05, 4.69) is 26.1 Å². The fourth-order valence-electron chi connectivity index (χ4n) is 2.82. The third kappa shape index (κ3) is 1.97. The largest absolute Gasteiger partial charge is 0.328 e. The molecule has 0 unspecified atom stereocenters. The van der Waals surface area contributed by atoms with Gasteiger partial charge in [-0.2, -0.15) is 0 Å². The van der Waals surface area contributed by atoms with E-state index in [1.165, 1.54) is 12.8 Å². The van der Waals surface area contributed by atoms with E-state index in [0.29, 0.717) is 5.91 Å². The molecule has 1 heterocycles. The van der Waals surface area contributed by atoms with Crippen molar-refractivity contribution >= 4 is 5.91 Å². The van der Waals surface area contributed by atoms with E-state index in [0.717, 1.165) is 32.5 Å². The summed E-state index contributed by atoms with van der Waals surface area (Å²) < 4.78 is 0. The monoisotopic (exact) mass is 224 g/mol. The summed E-state index contributed by atoms with van der Waals surface area (Å²) >= 11 is 0. The summed E-state index contributed by atoms with van der Waals surface area (Å²) in [6.07, 6.45) is 5.58. The number of hydrogen-bond acceptors (Lipinski definition) is 2. The second-order valence-electron chi connectivity index (χ2n) is 6.14. The molecule has 0 radical (unpaired) electrons. The van der Waals surface area contributed by atoms with Crippen LogP contribution in [0.1, 0.15) is 52.9 Å². The van der Waals surface area contributed by atoms with Gasteiger partial charge in [-0.1, -0.05) is 33.6 Å². The number of carbonyl (C=O) groups is 1. The van der Waals surface area contributed by atoms with Crippen LogP contribution in [0.25, 0.3) is 0 Å². The minimum Gasteiger partial charge on any atom is -0.328 e. The summed E-state index contributed by atoms with van der Waals surface area (Å²) in [7, 11) is 0.